The van der Waals surface area contributed by atoms with Crippen molar-refractivity contribution in [1.82, 2.24) is 9.80 Å². The van der Waals surface area contributed by atoms with Crippen molar-refractivity contribution >= 4 is 21.4 Å². The summed E-state index contributed by atoms with van der Waals surface area (Å²) >= 11 is 0. The maximum atomic E-state index is 12.2. The highest BCUT2D eigenvalue weighted by atomic mass is 32.2. The molecule has 9 heteroatoms. The van der Waals surface area contributed by atoms with Gasteiger partial charge < -0.3 is 15.4 Å². The number of nitrogens with zero attached hydrogens (tertiary/aromatic N) is 3. The first kappa shape index (κ1) is 32.5. The van der Waals surface area contributed by atoms with Crippen LogP contribution >= 0.6 is 0 Å². The summed E-state index contributed by atoms with van der Waals surface area (Å²) in [6.07, 6.45) is 6.09. The molecule has 1 atom stereocenters. The number of carbonyl (C=O) groups is 1. The van der Waals surface area contributed by atoms with Crippen LogP contribution in [0.2, 0.25) is 0 Å². The molecule has 1 spiro atoms. The molecule has 0 radical (unpaired) electrons. The van der Waals surface area contributed by atoms with E-state index in [0.717, 1.165) is 44.8 Å². The number of methoxy groups -OCH3 is 1. The van der Waals surface area contributed by atoms with Crippen molar-refractivity contribution in [2.24, 2.45) is 11.1 Å². The molecular weight excluding hydrogens is 596 g/mol. The van der Waals surface area contributed by atoms with Crippen molar-refractivity contribution in [3.63, 3.8) is 0 Å². The fourth-order valence-corrected chi connectivity index (χ4v) is 8.91. The highest BCUT2D eigenvalue weighted by Gasteiger charge is 2.50. The van der Waals surface area contributed by atoms with Gasteiger partial charge in [0.2, 0.25) is 5.91 Å². The fraction of sp³-hybridized carbons (Fsp3) is 0.486. The number of hydrogen-bond donors (Lipinski definition) is 1. The van der Waals surface area contributed by atoms with Gasteiger partial charge in [0.15, 0.2) is 9.84 Å². The monoisotopic (exact) mass is 644 g/mol. The second-order valence-electron chi connectivity index (χ2n) is 14.0. The normalized spacial score (nSPS) is 21.0. The molecule has 2 aliphatic heterocycles. The van der Waals surface area contributed by atoms with E-state index in [1.54, 1.807) is 6.07 Å². The lowest BCUT2D eigenvalue weighted by Crippen LogP contribution is -2.60. The summed E-state index contributed by atoms with van der Waals surface area (Å²) in [5.74, 6) is 0.465. The Hall–Kier alpha value is -3.40. The molecule has 1 amide bonds. The number of piperazine rings is 1. The summed E-state index contributed by atoms with van der Waals surface area (Å²) in [4.78, 5) is 19.5. The largest absolute Gasteiger partial charge is 0.495 e. The minimum absolute atomic E-state index is 0.234. The predicted molar refractivity (Wildman–Crippen MR) is 183 cm³/mol. The van der Waals surface area contributed by atoms with E-state index in [2.05, 4.69) is 52.8 Å². The lowest BCUT2D eigenvalue weighted by Gasteiger charge is -2.58. The number of benzene rings is 3. The Morgan fingerprint density at radius 3 is 2.30 bits per heavy atom. The van der Waals surface area contributed by atoms with Gasteiger partial charge in [-0.1, -0.05) is 44.2 Å². The highest BCUT2D eigenvalue weighted by molar-refractivity contribution is 7.90. The van der Waals surface area contributed by atoms with E-state index in [4.69, 9.17) is 10.5 Å². The lowest BCUT2D eigenvalue weighted by atomic mass is 9.59. The average molecular weight is 645 g/mol. The zero-order chi connectivity index (χ0) is 32.6. The van der Waals surface area contributed by atoms with Crippen LogP contribution in [0.1, 0.15) is 78.5 Å². The van der Waals surface area contributed by atoms with Gasteiger partial charge in [-0.15, -0.1) is 0 Å². The Morgan fingerprint density at radius 2 is 1.67 bits per heavy atom. The van der Waals surface area contributed by atoms with Crippen molar-refractivity contribution in [3.8, 4) is 5.75 Å². The van der Waals surface area contributed by atoms with E-state index in [9.17, 15) is 13.2 Å². The van der Waals surface area contributed by atoms with E-state index >= 15 is 0 Å². The molecule has 8 nitrogen and oxygen atoms in total. The number of primary amides is 1. The second-order valence-corrected chi connectivity index (χ2v) is 16.0. The van der Waals surface area contributed by atoms with Crippen LogP contribution in [0, 0.1) is 5.41 Å². The van der Waals surface area contributed by atoms with Crippen LogP contribution in [0.15, 0.2) is 71.6 Å². The molecule has 3 fully saturated rings. The van der Waals surface area contributed by atoms with Crippen LogP contribution in [0.25, 0.3) is 0 Å². The maximum Gasteiger partial charge on any atom is 0.248 e. The van der Waals surface area contributed by atoms with E-state index in [1.807, 2.05) is 36.4 Å². The standard InChI is InChI=1S/C37H48N4O4S/c1-26(2)31-7-5-6-8-32(31)33-25-39(24-27-9-14-35(46(4,43)44)34(21-27)45-3)19-20-41(33)30-22-37(23-30)15-17-40(18-16-37)29-12-10-28(11-13-29)36(38)42/h5-14,21,26,30,33H,15-20,22-25H2,1-4H3,(H2,38,42). The van der Waals surface area contributed by atoms with Gasteiger partial charge in [0.05, 0.1) is 7.11 Å². The summed E-state index contributed by atoms with van der Waals surface area (Å²) in [5.41, 5.74) is 11.5. The molecule has 0 bridgehead atoms. The van der Waals surface area contributed by atoms with Crippen LogP contribution < -0.4 is 15.4 Å². The van der Waals surface area contributed by atoms with Crippen LogP contribution in [0.5, 0.6) is 5.75 Å². The third kappa shape index (κ3) is 6.68. The number of anilines is 1. The molecule has 1 saturated carbocycles. The first-order chi connectivity index (χ1) is 22.0. The van der Waals surface area contributed by atoms with Gasteiger partial charge in [-0.05, 0) is 90.1 Å². The summed E-state index contributed by atoms with van der Waals surface area (Å²) in [6, 6.07) is 23.0. The maximum absolute atomic E-state index is 12.2. The number of nitrogens with two attached hydrogens (primary N) is 1. The molecule has 2 N–H and O–H groups in total. The van der Waals surface area contributed by atoms with Gasteiger partial charge >= 0.3 is 0 Å². The Morgan fingerprint density at radius 1 is 0.978 bits per heavy atom. The summed E-state index contributed by atoms with van der Waals surface area (Å²) < 4.78 is 30.0. The Labute approximate surface area is 274 Å². The number of carbonyl (C=O) groups excluding carboxylic acids is 1. The Bertz CT molecular complexity index is 1660. The highest BCUT2D eigenvalue weighted by Crippen LogP contribution is 2.53. The van der Waals surface area contributed by atoms with Crippen molar-refractivity contribution in [2.75, 3.05) is 51.0 Å². The van der Waals surface area contributed by atoms with Crippen molar-refractivity contribution in [1.29, 1.82) is 0 Å². The lowest BCUT2D eigenvalue weighted by molar-refractivity contribution is -0.0628. The number of hydrogen-bond acceptors (Lipinski definition) is 7. The quantitative estimate of drug-likeness (QED) is 0.323. The summed E-state index contributed by atoms with van der Waals surface area (Å²) in [6.45, 7) is 10.3. The van der Waals surface area contributed by atoms with E-state index in [0.29, 0.717) is 34.7 Å². The topological polar surface area (TPSA) is 96.2 Å². The number of amides is 1. The molecule has 6 rings (SSSR count). The SMILES string of the molecule is COc1cc(CN2CCN(C3CC4(CCN(c5ccc(C(N)=O)cc5)CC4)C3)C(c3ccccc3C(C)C)C2)ccc1S(C)(=O)=O. The van der Waals surface area contributed by atoms with Crippen LogP contribution in [-0.2, 0) is 16.4 Å². The molecule has 3 aromatic carbocycles. The molecule has 3 aromatic rings. The van der Waals surface area contributed by atoms with E-state index < -0.39 is 9.84 Å². The van der Waals surface area contributed by atoms with Crippen molar-refractivity contribution in [2.45, 2.75) is 69.0 Å². The van der Waals surface area contributed by atoms with Crippen LogP contribution in [0.3, 0.4) is 0 Å². The first-order valence-electron chi connectivity index (χ1n) is 16.5. The summed E-state index contributed by atoms with van der Waals surface area (Å²) in [5, 5.41) is 0. The minimum Gasteiger partial charge on any atom is -0.495 e. The van der Waals surface area contributed by atoms with Gasteiger partial charge in [-0.25, -0.2) is 8.42 Å². The van der Waals surface area contributed by atoms with Gasteiger partial charge in [-0.2, -0.15) is 0 Å². The third-order valence-electron chi connectivity index (χ3n) is 10.7. The molecule has 3 aliphatic rings. The molecule has 1 aliphatic carbocycles. The zero-order valence-electron chi connectivity index (χ0n) is 27.6. The molecule has 46 heavy (non-hydrogen) atoms. The number of sulfone groups is 1. The van der Waals surface area contributed by atoms with Crippen molar-refractivity contribution < 1.29 is 17.9 Å². The van der Waals surface area contributed by atoms with Gasteiger partial charge in [0.1, 0.15) is 10.6 Å². The van der Waals surface area contributed by atoms with E-state index in [1.165, 1.54) is 55.9 Å². The number of rotatable bonds is 9. The molecule has 0 aromatic heterocycles. The van der Waals surface area contributed by atoms with Crippen LogP contribution in [0.4, 0.5) is 5.69 Å². The summed E-state index contributed by atoms with van der Waals surface area (Å²) in [7, 11) is -1.83. The average Bonchev–Trinajstić information content (AvgIpc) is 3.03. The zero-order valence-corrected chi connectivity index (χ0v) is 28.4. The molecule has 2 heterocycles. The van der Waals surface area contributed by atoms with Crippen molar-refractivity contribution in [3.05, 3.63) is 89.0 Å². The second kappa shape index (κ2) is 13.0. The minimum atomic E-state index is -3.36. The van der Waals surface area contributed by atoms with Crippen LogP contribution in [-0.4, -0.2) is 76.3 Å². The molecule has 1 unspecified atom stereocenters. The molecular formula is C37H48N4O4S. The number of ether oxygens (including phenoxy) is 1. The Balaban J connectivity index is 1.16. The van der Waals surface area contributed by atoms with Gasteiger partial charge in [0, 0.05) is 68.9 Å². The Kier molecular flexibility index (Phi) is 9.20. The third-order valence-corrected chi connectivity index (χ3v) is 11.8. The number of piperidine rings is 1. The van der Waals surface area contributed by atoms with E-state index in [-0.39, 0.29) is 10.8 Å². The molecule has 2 saturated heterocycles. The van der Waals surface area contributed by atoms with Gasteiger partial charge in [-0.3, -0.25) is 14.6 Å². The van der Waals surface area contributed by atoms with Gasteiger partial charge in [0.25, 0.3) is 0 Å². The molecule has 246 valence electrons. The predicted octanol–water partition coefficient (Wildman–Crippen LogP) is 5.63. The smallest absolute Gasteiger partial charge is 0.248 e. The first-order valence-corrected chi connectivity index (χ1v) is 18.4. The fourth-order valence-electron chi connectivity index (χ4n) is 8.08.